The predicted molar refractivity (Wildman–Crippen MR) is 71.5 cm³/mol. The maximum Gasteiger partial charge on any atom is 0.214 e. The summed E-state index contributed by atoms with van der Waals surface area (Å²) in [6, 6.07) is 1.98. The fourth-order valence-corrected chi connectivity index (χ4v) is 4.40. The standard InChI is InChI=1S/C12H23N3O2S/c1-11(2)9-15(10-12(3,4)14-11)18(16,17)8-6-5-7-13/h14H,5-6,8-10H2,1-4H3. The van der Waals surface area contributed by atoms with Gasteiger partial charge in [-0.15, -0.1) is 0 Å². The van der Waals surface area contributed by atoms with Crippen molar-refractivity contribution in [2.75, 3.05) is 18.8 Å². The third kappa shape index (κ3) is 4.23. The van der Waals surface area contributed by atoms with E-state index in [4.69, 9.17) is 5.26 Å². The molecular weight excluding hydrogens is 250 g/mol. The van der Waals surface area contributed by atoms with Crippen molar-refractivity contribution in [3.8, 4) is 6.07 Å². The van der Waals surface area contributed by atoms with Crippen LogP contribution in [-0.2, 0) is 10.0 Å². The minimum atomic E-state index is -3.26. The van der Waals surface area contributed by atoms with Gasteiger partial charge in [-0.05, 0) is 34.1 Å². The van der Waals surface area contributed by atoms with Gasteiger partial charge in [0.1, 0.15) is 0 Å². The third-order valence-corrected chi connectivity index (χ3v) is 4.75. The summed E-state index contributed by atoms with van der Waals surface area (Å²) < 4.78 is 26.0. The predicted octanol–water partition coefficient (Wildman–Crippen LogP) is 1.08. The Bertz CT molecular complexity index is 419. The monoisotopic (exact) mass is 273 g/mol. The normalized spacial score (nSPS) is 23.5. The smallest absolute Gasteiger partial charge is 0.214 e. The fraction of sp³-hybridized carbons (Fsp3) is 0.917. The first-order chi connectivity index (χ1) is 8.08. The molecule has 1 N–H and O–H groups in total. The molecule has 0 saturated carbocycles. The molecule has 0 bridgehead atoms. The molecule has 0 aromatic carbocycles. The molecule has 0 aliphatic carbocycles. The largest absolute Gasteiger partial charge is 0.304 e. The molecule has 0 aromatic heterocycles. The Morgan fingerprint density at radius 1 is 1.22 bits per heavy atom. The van der Waals surface area contributed by atoms with Gasteiger partial charge in [0, 0.05) is 30.6 Å². The number of nitrogens with zero attached hydrogens (tertiary/aromatic N) is 2. The molecular formula is C12H23N3O2S. The van der Waals surface area contributed by atoms with Gasteiger partial charge in [0.05, 0.1) is 11.8 Å². The zero-order chi connectivity index (χ0) is 14.0. The van der Waals surface area contributed by atoms with E-state index < -0.39 is 10.0 Å². The summed E-state index contributed by atoms with van der Waals surface area (Å²) in [4.78, 5) is 0. The lowest BCUT2D eigenvalue weighted by Gasteiger charge is -2.47. The Hall–Kier alpha value is -0.640. The second kappa shape index (κ2) is 5.16. The topological polar surface area (TPSA) is 73.2 Å². The molecule has 0 unspecified atom stereocenters. The molecule has 1 rings (SSSR count). The number of piperazine rings is 1. The first-order valence-electron chi connectivity index (χ1n) is 6.22. The van der Waals surface area contributed by atoms with Crippen LogP contribution in [0, 0.1) is 11.3 Å². The molecule has 1 fully saturated rings. The third-order valence-electron chi connectivity index (χ3n) is 2.90. The van der Waals surface area contributed by atoms with Crippen LogP contribution < -0.4 is 5.32 Å². The first-order valence-corrected chi connectivity index (χ1v) is 7.83. The second-order valence-corrected chi connectivity index (χ2v) is 8.33. The molecule has 6 heteroatoms. The minimum Gasteiger partial charge on any atom is -0.304 e. The SMILES string of the molecule is CC1(C)CN(S(=O)(=O)CCCC#N)CC(C)(C)N1. The summed E-state index contributed by atoms with van der Waals surface area (Å²) in [6.07, 6.45) is 0.696. The van der Waals surface area contributed by atoms with Gasteiger partial charge in [0.15, 0.2) is 0 Å². The van der Waals surface area contributed by atoms with Crippen LogP contribution in [0.25, 0.3) is 0 Å². The van der Waals surface area contributed by atoms with E-state index in [9.17, 15) is 8.42 Å². The summed E-state index contributed by atoms with van der Waals surface area (Å²) in [6.45, 7) is 8.98. The van der Waals surface area contributed by atoms with Gasteiger partial charge in [-0.3, -0.25) is 0 Å². The lowest BCUT2D eigenvalue weighted by atomic mass is 9.93. The molecule has 18 heavy (non-hydrogen) atoms. The van der Waals surface area contributed by atoms with Crippen molar-refractivity contribution in [1.82, 2.24) is 9.62 Å². The maximum absolute atomic E-state index is 12.2. The van der Waals surface area contributed by atoms with E-state index in [-0.39, 0.29) is 23.3 Å². The van der Waals surface area contributed by atoms with Crippen LogP contribution >= 0.6 is 0 Å². The molecule has 5 nitrogen and oxygen atoms in total. The molecule has 0 radical (unpaired) electrons. The molecule has 0 atom stereocenters. The van der Waals surface area contributed by atoms with Crippen LogP contribution in [0.1, 0.15) is 40.5 Å². The van der Waals surface area contributed by atoms with Gasteiger partial charge >= 0.3 is 0 Å². The highest BCUT2D eigenvalue weighted by Crippen LogP contribution is 2.23. The van der Waals surface area contributed by atoms with E-state index in [0.29, 0.717) is 19.5 Å². The summed E-state index contributed by atoms with van der Waals surface area (Å²) in [7, 11) is -3.26. The van der Waals surface area contributed by atoms with Gasteiger partial charge in [-0.1, -0.05) is 0 Å². The van der Waals surface area contributed by atoms with Crippen LogP contribution in [0.2, 0.25) is 0 Å². The van der Waals surface area contributed by atoms with E-state index in [2.05, 4.69) is 5.32 Å². The molecule has 0 aromatic rings. The van der Waals surface area contributed by atoms with Crippen molar-refractivity contribution in [3.05, 3.63) is 0 Å². The molecule has 1 aliphatic rings. The first kappa shape index (κ1) is 15.4. The number of rotatable bonds is 4. The molecule has 0 spiro atoms. The van der Waals surface area contributed by atoms with Crippen LogP contribution in [0.15, 0.2) is 0 Å². The van der Waals surface area contributed by atoms with Crippen molar-refractivity contribution in [2.24, 2.45) is 0 Å². The van der Waals surface area contributed by atoms with Gasteiger partial charge in [0.25, 0.3) is 0 Å². The zero-order valence-electron chi connectivity index (χ0n) is 11.7. The second-order valence-electron chi connectivity index (χ2n) is 6.24. The van der Waals surface area contributed by atoms with E-state index in [1.165, 1.54) is 0 Å². The van der Waals surface area contributed by atoms with Crippen molar-refractivity contribution in [2.45, 2.75) is 51.6 Å². The molecule has 0 amide bonds. The number of hydrogen-bond donors (Lipinski definition) is 1. The van der Waals surface area contributed by atoms with E-state index in [0.717, 1.165) is 0 Å². The number of nitriles is 1. The highest BCUT2D eigenvalue weighted by molar-refractivity contribution is 7.89. The minimum absolute atomic E-state index is 0.0622. The van der Waals surface area contributed by atoms with Crippen LogP contribution in [-0.4, -0.2) is 42.6 Å². The Kier molecular flexibility index (Phi) is 4.42. The molecule has 1 saturated heterocycles. The average Bonchev–Trinajstić information content (AvgIpc) is 2.12. The quantitative estimate of drug-likeness (QED) is 0.778. The molecule has 1 heterocycles. The molecule has 104 valence electrons. The Morgan fingerprint density at radius 3 is 2.17 bits per heavy atom. The number of nitrogens with one attached hydrogen (secondary N) is 1. The number of sulfonamides is 1. The lowest BCUT2D eigenvalue weighted by Crippen LogP contribution is -2.67. The van der Waals surface area contributed by atoms with Crippen molar-refractivity contribution in [3.63, 3.8) is 0 Å². The Balaban J connectivity index is 2.79. The van der Waals surface area contributed by atoms with Crippen molar-refractivity contribution in [1.29, 1.82) is 5.26 Å². The van der Waals surface area contributed by atoms with Gasteiger partial charge in [-0.25, -0.2) is 8.42 Å². The summed E-state index contributed by atoms with van der Waals surface area (Å²) >= 11 is 0. The Morgan fingerprint density at radius 2 is 1.72 bits per heavy atom. The van der Waals surface area contributed by atoms with E-state index in [1.807, 2.05) is 33.8 Å². The lowest BCUT2D eigenvalue weighted by molar-refractivity contribution is 0.136. The van der Waals surface area contributed by atoms with Crippen molar-refractivity contribution < 1.29 is 8.42 Å². The van der Waals surface area contributed by atoms with Crippen LogP contribution in [0.5, 0.6) is 0 Å². The van der Waals surface area contributed by atoms with Crippen LogP contribution in [0.3, 0.4) is 0 Å². The van der Waals surface area contributed by atoms with E-state index in [1.54, 1.807) is 4.31 Å². The summed E-state index contributed by atoms with van der Waals surface area (Å²) in [5, 5.41) is 11.9. The highest BCUT2D eigenvalue weighted by Gasteiger charge is 2.40. The number of hydrogen-bond acceptors (Lipinski definition) is 4. The number of unbranched alkanes of at least 4 members (excludes halogenated alkanes) is 1. The molecule has 1 aliphatic heterocycles. The van der Waals surface area contributed by atoms with Gasteiger partial charge in [-0.2, -0.15) is 9.57 Å². The highest BCUT2D eigenvalue weighted by atomic mass is 32.2. The maximum atomic E-state index is 12.2. The fourth-order valence-electron chi connectivity index (χ4n) is 2.59. The van der Waals surface area contributed by atoms with Crippen LogP contribution in [0.4, 0.5) is 0 Å². The summed E-state index contributed by atoms with van der Waals surface area (Å²) in [5.74, 6) is 0.0622. The Labute approximate surface area is 110 Å². The van der Waals surface area contributed by atoms with E-state index >= 15 is 0 Å². The average molecular weight is 273 g/mol. The van der Waals surface area contributed by atoms with Gasteiger partial charge in [0.2, 0.25) is 10.0 Å². The zero-order valence-corrected chi connectivity index (χ0v) is 12.5. The summed E-state index contributed by atoms with van der Waals surface area (Å²) in [5.41, 5.74) is -0.464. The van der Waals surface area contributed by atoms with Crippen molar-refractivity contribution >= 4 is 10.0 Å². The van der Waals surface area contributed by atoms with Gasteiger partial charge < -0.3 is 5.32 Å².